The molecule has 1 unspecified atom stereocenters. The number of nitrogens with zero attached hydrogens (tertiary/aromatic N) is 3. The number of hydrogen-bond acceptors (Lipinski definition) is 3. The summed E-state index contributed by atoms with van der Waals surface area (Å²) in [6.07, 6.45) is 22.6. The van der Waals surface area contributed by atoms with Crippen LogP contribution in [-0.4, -0.2) is 45.7 Å². The number of aliphatic carboxylic acids is 1. The van der Waals surface area contributed by atoms with E-state index in [1.165, 1.54) is 83.5 Å². The van der Waals surface area contributed by atoms with Crippen molar-refractivity contribution >= 4 is 5.97 Å². The first-order chi connectivity index (χ1) is 14.5. The van der Waals surface area contributed by atoms with Crippen molar-refractivity contribution in [2.24, 2.45) is 7.05 Å². The van der Waals surface area contributed by atoms with Gasteiger partial charge in [-0.1, -0.05) is 90.4 Å². The molecule has 0 spiro atoms. The second kappa shape index (κ2) is 16.3. The Kier molecular flexibility index (Phi) is 14.5. The summed E-state index contributed by atoms with van der Waals surface area (Å²) in [7, 11) is 5.62. The lowest BCUT2D eigenvalue weighted by atomic mass is 10.0. The molecule has 0 fully saturated rings. The van der Waals surface area contributed by atoms with Gasteiger partial charge in [-0.15, -0.1) is 0 Å². The van der Waals surface area contributed by atoms with E-state index in [4.69, 9.17) is 0 Å². The molecule has 1 aromatic heterocycles. The van der Waals surface area contributed by atoms with Crippen molar-refractivity contribution in [1.29, 1.82) is 0 Å². The summed E-state index contributed by atoms with van der Waals surface area (Å²) in [6, 6.07) is -0.520. The fourth-order valence-electron chi connectivity index (χ4n) is 4.07. The minimum Gasteiger partial charge on any atom is -0.480 e. The van der Waals surface area contributed by atoms with Crippen molar-refractivity contribution in [3.63, 3.8) is 0 Å². The van der Waals surface area contributed by atoms with Crippen LogP contribution in [-0.2, 0) is 24.7 Å². The Morgan fingerprint density at radius 3 is 1.83 bits per heavy atom. The van der Waals surface area contributed by atoms with Gasteiger partial charge in [-0.3, -0.25) is 9.69 Å². The summed E-state index contributed by atoms with van der Waals surface area (Å²) >= 11 is 0. The second-order valence-corrected chi connectivity index (χ2v) is 9.13. The zero-order valence-electron chi connectivity index (χ0n) is 20.2. The molecule has 5 nitrogen and oxygen atoms in total. The molecular weight excluding hydrogens is 374 g/mol. The topological polar surface area (TPSA) is 58.4 Å². The van der Waals surface area contributed by atoms with Gasteiger partial charge < -0.3 is 9.67 Å². The summed E-state index contributed by atoms with van der Waals surface area (Å²) in [4.78, 5) is 17.8. The third-order valence-corrected chi connectivity index (χ3v) is 6.09. The molecule has 1 atom stereocenters. The van der Waals surface area contributed by atoms with Crippen LogP contribution in [0.1, 0.15) is 108 Å². The van der Waals surface area contributed by atoms with Crippen molar-refractivity contribution in [1.82, 2.24) is 14.5 Å². The van der Waals surface area contributed by atoms with E-state index in [2.05, 4.69) is 16.5 Å². The lowest BCUT2D eigenvalue weighted by molar-refractivity contribution is -0.142. The molecule has 1 N–H and O–H groups in total. The van der Waals surface area contributed by atoms with E-state index < -0.39 is 12.0 Å². The van der Waals surface area contributed by atoms with Crippen molar-refractivity contribution in [3.8, 4) is 0 Å². The first kappa shape index (κ1) is 26.7. The molecule has 1 heterocycles. The number of unbranched alkanes of at least 4 members (excludes halogenated alkanes) is 13. The fourth-order valence-corrected chi connectivity index (χ4v) is 4.07. The van der Waals surface area contributed by atoms with E-state index in [1.54, 1.807) is 19.0 Å². The van der Waals surface area contributed by atoms with E-state index in [-0.39, 0.29) is 0 Å². The average molecular weight is 422 g/mol. The molecule has 0 saturated carbocycles. The van der Waals surface area contributed by atoms with Crippen molar-refractivity contribution in [2.75, 3.05) is 14.1 Å². The van der Waals surface area contributed by atoms with Crippen LogP contribution in [0.25, 0.3) is 0 Å². The van der Waals surface area contributed by atoms with Gasteiger partial charge in [-0.05, 0) is 20.5 Å². The summed E-state index contributed by atoms with van der Waals surface area (Å²) < 4.78 is 2.06. The van der Waals surface area contributed by atoms with Crippen LogP contribution in [0.4, 0.5) is 0 Å². The van der Waals surface area contributed by atoms with Crippen molar-refractivity contribution in [3.05, 3.63) is 17.7 Å². The summed E-state index contributed by atoms with van der Waals surface area (Å²) in [5.41, 5.74) is 0.874. The number of likely N-dealkylation sites (N-methyl/N-ethyl adjacent to an activating group) is 1. The van der Waals surface area contributed by atoms with E-state index in [0.717, 1.165) is 24.4 Å². The minimum absolute atomic E-state index is 0.453. The number of carbonyl (C=O) groups is 1. The van der Waals surface area contributed by atoms with Gasteiger partial charge in [0.25, 0.3) is 0 Å². The van der Waals surface area contributed by atoms with Crippen LogP contribution in [0, 0.1) is 0 Å². The number of rotatable bonds is 19. The molecule has 30 heavy (non-hydrogen) atoms. The smallest absolute Gasteiger partial charge is 0.321 e. The Bertz CT molecular complexity index is 569. The lowest BCUT2D eigenvalue weighted by Gasteiger charge is -2.18. The van der Waals surface area contributed by atoms with Gasteiger partial charge in [0.05, 0.1) is 5.69 Å². The standard InChI is InChI=1S/C25H47N3O2/c1-5-6-7-8-9-10-11-12-13-14-15-16-17-18-19-24-26-22(21-28(24)4)20-23(25(29)30)27(2)3/h21,23H,5-20H2,1-4H3,(H,29,30). The highest BCUT2D eigenvalue weighted by Crippen LogP contribution is 2.14. The maximum absolute atomic E-state index is 11.4. The largest absolute Gasteiger partial charge is 0.480 e. The molecule has 0 radical (unpaired) electrons. The van der Waals surface area contributed by atoms with Crippen LogP contribution in [0.5, 0.6) is 0 Å². The monoisotopic (exact) mass is 421 g/mol. The quantitative estimate of drug-likeness (QED) is 0.278. The molecule has 1 rings (SSSR count). The summed E-state index contributed by atoms with van der Waals surface area (Å²) in [5.74, 6) is 0.283. The SMILES string of the molecule is CCCCCCCCCCCCCCCCc1nc(CC(C(=O)O)N(C)C)cn1C. The Labute approximate surface area is 185 Å². The van der Waals surface area contributed by atoms with Crippen LogP contribution in [0.2, 0.25) is 0 Å². The van der Waals surface area contributed by atoms with Gasteiger partial charge in [-0.2, -0.15) is 0 Å². The molecule has 0 amide bonds. The molecule has 174 valence electrons. The number of carboxylic acid groups (broad SMARTS) is 1. The van der Waals surface area contributed by atoms with E-state index in [9.17, 15) is 9.90 Å². The van der Waals surface area contributed by atoms with Gasteiger partial charge in [0.1, 0.15) is 11.9 Å². The summed E-state index contributed by atoms with van der Waals surface area (Å²) in [6.45, 7) is 2.28. The van der Waals surface area contributed by atoms with Crippen LogP contribution in [0.3, 0.4) is 0 Å². The Balaban J connectivity index is 2.07. The molecular formula is C25H47N3O2. The zero-order valence-corrected chi connectivity index (χ0v) is 20.2. The average Bonchev–Trinajstić information content (AvgIpc) is 3.05. The number of imidazole rings is 1. The predicted octanol–water partition coefficient (Wildman–Crippen LogP) is 6.00. The second-order valence-electron chi connectivity index (χ2n) is 9.13. The normalized spacial score (nSPS) is 12.6. The van der Waals surface area contributed by atoms with Crippen molar-refractivity contribution in [2.45, 2.75) is 116 Å². The number of aryl methyl sites for hydroxylation is 2. The Morgan fingerprint density at radius 1 is 0.933 bits per heavy atom. The third-order valence-electron chi connectivity index (χ3n) is 6.09. The maximum atomic E-state index is 11.4. The van der Waals surface area contributed by atoms with Crippen LogP contribution in [0.15, 0.2) is 6.20 Å². The highest BCUT2D eigenvalue weighted by atomic mass is 16.4. The van der Waals surface area contributed by atoms with Crippen LogP contribution < -0.4 is 0 Å². The maximum Gasteiger partial charge on any atom is 0.321 e. The molecule has 1 aromatic rings. The Morgan fingerprint density at radius 2 is 1.40 bits per heavy atom. The van der Waals surface area contributed by atoms with Gasteiger partial charge >= 0.3 is 5.97 Å². The predicted molar refractivity (Wildman–Crippen MR) is 126 cm³/mol. The zero-order chi connectivity index (χ0) is 22.2. The van der Waals surface area contributed by atoms with E-state index >= 15 is 0 Å². The number of aromatic nitrogens is 2. The lowest BCUT2D eigenvalue weighted by Crippen LogP contribution is -2.37. The van der Waals surface area contributed by atoms with Gasteiger partial charge in [0, 0.05) is 26.1 Å². The highest BCUT2D eigenvalue weighted by Gasteiger charge is 2.21. The first-order valence-corrected chi connectivity index (χ1v) is 12.4. The molecule has 5 heteroatoms. The first-order valence-electron chi connectivity index (χ1n) is 12.4. The molecule has 0 aliphatic rings. The molecule has 0 aliphatic carbocycles. The van der Waals surface area contributed by atoms with Gasteiger partial charge in [-0.25, -0.2) is 4.98 Å². The highest BCUT2D eigenvalue weighted by molar-refractivity contribution is 5.73. The van der Waals surface area contributed by atoms with Crippen molar-refractivity contribution < 1.29 is 9.90 Å². The molecule has 0 aliphatic heterocycles. The van der Waals surface area contributed by atoms with Crippen LogP contribution >= 0.6 is 0 Å². The number of hydrogen-bond donors (Lipinski definition) is 1. The number of carboxylic acids is 1. The molecule has 0 aromatic carbocycles. The molecule has 0 bridgehead atoms. The minimum atomic E-state index is -0.792. The molecule has 0 saturated heterocycles. The van der Waals surface area contributed by atoms with Gasteiger partial charge in [0.2, 0.25) is 0 Å². The summed E-state index contributed by atoms with van der Waals surface area (Å²) in [5, 5.41) is 9.35. The Hall–Kier alpha value is -1.36. The third kappa shape index (κ3) is 11.7. The van der Waals surface area contributed by atoms with E-state index in [1.807, 2.05) is 13.2 Å². The van der Waals surface area contributed by atoms with E-state index in [0.29, 0.717) is 6.42 Å². The fraction of sp³-hybridized carbons (Fsp3) is 0.840. The van der Waals surface area contributed by atoms with Gasteiger partial charge in [0.15, 0.2) is 0 Å².